The fourth-order valence-electron chi connectivity index (χ4n) is 2.28. The summed E-state index contributed by atoms with van der Waals surface area (Å²) in [7, 11) is 0. The second kappa shape index (κ2) is 10.5. The van der Waals surface area contributed by atoms with Crippen molar-refractivity contribution in [1.82, 2.24) is 5.32 Å². The summed E-state index contributed by atoms with van der Waals surface area (Å²) in [4.78, 5) is 23.2. The van der Waals surface area contributed by atoms with Gasteiger partial charge >= 0.3 is 0 Å². The lowest BCUT2D eigenvalue weighted by Gasteiger charge is -2.06. The molecule has 140 valence electrons. The minimum atomic E-state index is -0.555. The molecule has 0 saturated heterocycles. The van der Waals surface area contributed by atoms with Gasteiger partial charge in [-0.25, -0.2) is 0 Å². The van der Waals surface area contributed by atoms with Crippen molar-refractivity contribution < 1.29 is 19.1 Å². The summed E-state index contributed by atoms with van der Waals surface area (Å²) in [6.45, 7) is 2.84. The Morgan fingerprint density at radius 2 is 1.78 bits per heavy atom. The van der Waals surface area contributed by atoms with Gasteiger partial charge in [0, 0.05) is 0 Å². The zero-order valence-corrected chi connectivity index (χ0v) is 15.2. The van der Waals surface area contributed by atoms with E-state index in [9.17, 15) is 9.59 Å². The van der Waals surface area contributed by atoms with E-state index < -0.39 is 5.91 Å². The monoisotopic (exact) mass is 366 g/mol. The Hall–Kier alpha value is -3.46. The average Bonchev–Trinajstić information content (AvgIpc) is 2.66. The molecular weight excluding hydrogens is 344 g/mol. The van der Waals surface area contributed by atoms with Crippen LogP contribution in [0.25, 0.3) is 0 Å². The van der Waals surface area contributed by atoms with Gasteiger partial charge < -0.3 is 20.5 Å². The van der Waals surface area contributed by atoms with Gasteiger partial charge in [0.25, 0.3) is 5.91 Å². The number of carbonyl (C=O) groups is 2. The summed E-state index contributed by atoms with van der Waals surface area (Å²) >= 11 is 0. The van der Waals surface area contributed by atoms with E-state index in [4.69, 9.17) is 15.2 Å². The molecule has 0 aliphatic rings. The van der Waals surface area contributed by atoms with Crippen molar-refractivity contribution in [3.63, 3.8) is 0 Å². The second-order valence-corrected chi connectivity index (χ2v) is 5.53. The highest BCUT2D eigenvalue weighted by Crippen LogP contribution is 2.16. The number of hydrogen-bond donors (Lipinski definition) is 2. The fourth-order valence-corrected chi connectivity index (χ4v) is 2.28. The average molecular weight is 366 g/mol. The number of nitrogens with two attached hydrogens (primary N) is 1. The minimum absolute atomic E-state index is 0.0963. The molecule has 0 saturated carbocycles. The quantitative estimate of drug-likeness (QED) is 0.699. The van der Waals surface area contributed by atoms with E-state index in [1.54, 1.807) is 24.3 Å². The van der Waals surface area contributed by atoms with E-state index in [1.165, 1.54) is 0 Å². The number of nitrogens with one attached hydrogen (secondary N) is 1. The van der Waals surface area contributed by atoms with Gasteiger partial charge in [-0.15, -0.1) is 0 Å². The molecule has 0 aromatic heterocycles. The molecule has 2 amide bonds. The Morgan fingerprint density at radius 3 is 2.48 bits per heavy atom. The predicted octanol–water partition coefficient (Wildman–Crippen LogP) is 1.93. The summed E-state index contributed by atoms with van der Waals surface area (Å²) in [5.74, 6) is 6.09. The lowest BCUT2D eigenvalue weighted by atomic mass is 10.1. The Morgan fingerprint density at radius 1 is 1.04 bits per heavy atom. The van der Waals surface area contributed by atoms with Gasteiger partial charge in [0.2, 0.25) is 5.91 Å². The van der Waals surface area contributed by atoms with Crippen molar-refractivity contribution in [2.45, 2.75) is 13.3 Å². The number of ether oxygens (including phenoxy) is 2. The van der Waals surface area contributed by atoms with Gasteiger partial charge in [-0.05, 0) is 36.8 Å². The third-order valence-corrected chi connectivity index (χ3v) is 3.55. The highest BCUT2D eigenvalue weighted by Gasteiger charge is 2.07. The Labute approximate surface area is 158 Å². The zero-order chi connectivity index (χ0) is 19.5. The maximum Gasteiger partial charge on any atom is 0.252 e. The first kappa shape index (κ1) is 19.9. The third-order valence-electron chi connectivity index (χ3n) is 3.55. The number of para-hydroxylation sites is 1. The van der Waals surface area contributed by atoms with Crippen LogP contribution in [0.1, 0.15) is 22.8 Å². The van der Waals surface area contributed by atoms with Crippen LogP contribution in [0, 0.1) is 11.8 Å². The van der Waals surface area contributed by atoms with Crippen molar-refractivity contribution >= 4 is 11.8 Å². The van der Waals surface area contributed by atoms with Crippen LogP contribution in [-0.2, 0) is 11.2 Å². The molecule has 6 nitrogen and oxygen atoms in total. The van der Waals surface area contributed by atoms with Crippen LogP contribution in [0.3, 0.4) is 0 Å². The molecule has 2 aromatic rings. The molecule has 6 heteroatoms. The van der Waals surface area contributed by atoms with E-state index in [0.717, 1.165) is 11.3 Å². The number of carbonyl (C=O) groups excluding carboxylic acids is 2. The summed E-state index contributed by atoms with van der Waals surface area (Å²) in [6, 6.07) is 14.1. The van der Waals surface area contributed by atoms with Gasteiger partial charge in [0.15, 0.2) is 0 Å². The molecule has 0 spiro atoms. The Bertz CT molecular complexity index is 835. The van der Waals surface area contributed by atoms with Crippen LogP contribution in [0.5, 0.6) is 11.5 Å². The number of benzene rings is 2. The molecule has 0 heterocycles. The molecule has 2 aromatic carbocycles. The lowest BCUT2D eigenvalue weighted by Crippen LogP contribution is -2.25. The normalized spacial score (nSPS) is 9.67. The first-order chi connectivity index (χ1) is 13.1. The Balaban J connectivity index is 1.72. The maximum atomic E-state index is 11.9. The fraction of sp³-hybridized carbons (Fsp3) is 0.238. The first-order valence-corrected chi connectivity index (χ1v) is 8.56. The van der Waals surface area contributed by atoms with Crippen LogP contribution < -0.4 is 20.5 Å². The number of amides is 2. The van der Waals surface area contributed by atoms with Crippen molar-refractivity contribution in [3.05, 3.63) is 59.7 Å². The van der Waals surface area contributed by atoms with Gasteiger partial charge in [-0.1, -0.05) is 36.1 Å². The zero-order valence-electron chi connectivity index (χ0n) is 15.2. The largest absolute Gasteiger partial charge is 0.494 e. The van der Waals surface area contributed by atoms with Crippen LogP contribution in [0.4, 0.5) is 0 Å². The molecule has 27 heavy (non-hydrogen) atoms. The molecule has 0 aliphatic carbocycles. The second-order valence-electron chi connectivity index (χ2n) is 5.53. The van der Waals surface area contributed by atoms with Crippen LogP contribution >= 0.6 is 0 Å². The van der Waals surface area contributed by atoms with Crippen molar-refractivity contribution in [2.24, 2.45) is 5.73 Å². The van der Waals surface area contributed by atoms with E-state index >= 15 is 0 Å². The number of hydrogen-bond acceptors (Lipinski definition) is 4. The van der Waals surface area contributed by atoms with Gasteiger partial charge in [-0.2, -0.15) is 0 Å². The highest BCUT2D eigenvalue weighted by molar-refractivity contribution is 5.95. The van der Waals surface area contributed by atoms with E-state index in [-0.39, 0.29) is 25.5 Å². The molecule has 2 rings (SSSR count). The molecule has 0 aliphatic heterocycles. The number of primary amides is 1. The van der Waals surface area contributed by atoms with E-state index in [1.807, 2.05) is 31.2 Å². The molecule has 0 bridgehead atoms. The smallest absolute Gasteiger partial charge is 0.252 e. The van der Waals surface area contributed by atoms with Gasteiger partial charge in [0.1, 0.15) is 18.1 Å². The molecule has 0 fully saturated rings. The van der Waals surface area contributed by atoms with Gasteiger partial charge in [-0.3, -0.25) is 9.59 Å². The van der Waals surface area contributed by atoms with Gasteiger partial charge in [0.05, 0.1) is 25.1 Å². The molecule has 0 radical (unpaired) electrons. The summed E-state index contributed by atoms with van der Waals surface area (Å²) in [5.41, 5.74) is 6.48. The standard InChI is InChI=1S/C21H22N2O4/c1-2-26-17-11-9-16(10-12-17)15-20(24)23-13-5-6-14-27-19-8-4-3-7-18(19)21(22)25/h3-4,7-12H,2,13-15H2,1H3,(H2,22,25)(H,23,24). The van der Waals surface area contributed by atoms with E-state index in [0.29, 0.717) is 17.9 Å². The first-order valence-electron chi connectivity index (χ1n) is 8.56. The summed E-state index contributed by atoms with van der Waals surface area (Å²) in [5, 5.41) is 2.73. The summed E-state index contributed by atoms with van der Waals surface area (Å²) in [6.07, 6.45) is 0.274. The SMILES string of the molecule is CCOc1ccc(CC(=O)NCC#CCOc2ccccc2C(N)=O)cc1. The maximum absolute atomic E-state index is 11.9. The third kappa shape index (κ3) is 6.75. The lowest BCUT2D eigenvalue weighted by molar-refractivity contribution is -0.120. The topological polar surface area (TPSA) is 90.7 Å². The van der Waals surface area contributed by atoms with Crippen molar-refractivity contribution in [1.29, 1.82) is 0 Å². The van der Waals surface area contributed by atoms with Crippen LogP contribution in [0.15, 0.2) is 48.5 Å². The molecular formula is C21H22N2O4. The van der Waals surface area contributed by atoms with Crippen molar-refractivity contribution in [2.75, 3.05) is 19.8 Å². The van der Waals surface area contributed by atoms with Crippen LogP contribution in [0.2, 0.25) is 0 Å². The molecule has 0 unspecified atom stereocenters. The summed E-state index contributed by atoms with van der Waals surface area (Å²) < 4.78 is 10.8. The van der Waals surface area contributed by atoms with Crippen molar-refractivity contribution in [3.8, 4) is 23.3 Å². The van der Waals surface area contributed by atoms with E-state index in [2.05, 4.69) is 17.2 Å². The van der Waals surface area contributed by atoms with Crippen LogP contribution in [-0.4, -0.2) is 31.6 Å². The highest BCUT2D eigenvalue weighted by atomic mass is 16.5. The molecule has 3 N–H and O–H groups in total. The molecule has 0 atom stereocenters. The minimum Gasteiger partial charge on any atom is -0.494 e. The predicted molar refractivity (Wildman–Crippen MR) is 103 cm³/mol. The number of rotatable bonds is 8. The Kier molecular flexibility index (Phi) is 7.73.